The van der Waals surface area contributed by atoms with Crippen molar-refractivity contribution < 1.29 is 0 Å². The molecule has 1 atom stereocenters. The van der Waals surface area contributed by atoms with Crippen molar-refractivity contribution in [3.63, 3.8) is 0 Å². The smallest absolute Gasteiger partial charge is 0.109 e. The summed E-state index contributed by atoms with van der Waals surface area (Å²) in [6.07, 6.45) is 5.99. The molecule has 0 aliphatic heterocycles. The Morgan fingerprint density at radius 1 is 1.43 bits per heavy atom. The summed E-state index contributed by atoms with van der Waals surface area (Å²) >= 11 is 5.42. The van der Waals surface area contributed by atoms with E-state index in [-0.39, 0.29) is 0 Å². The third-order valence-corrected chi connectivity index (χ3v) is 4.93. The van der Waals surface area contributed by atoms with Crippen LogP contribution in [0.25, 0.3) is 0 Å². The molecule has 2 aromatic rings. The zero-order chi connectivity index (χ0) is 15.1. The Bertz CT molecular complexity index is 556. The second kappa shape index (κ2) is 8.61. The van der Waals surface area contributed by atoms with E-state index in [9.17, 15) is 0 Å². The first-order valence-electron chi connectivity index (χ1n) is 7.27. The maximum Gasteiger partial charge on any atom is 0.109 e. The summed E-state index contributed by atoms with van der Waals surface area (Å²) in [6, 6.07) is 8.91. The number of thioether (sulfide) groups is 1. The number of halogens is 1. The quantitative estimate of drug-likeness (QED) is 0.717. The minimum atomic E-state index is 0.440. The van der Waals surface area contributed by atoms with Crippen LogP contribution in [0.2, 0.25) is 0 Å². The Balaban J connectivity index is 1.94. The molecule has 0 saturated heterocycles. The van der Waals surface area contributed by atoms with Gasteiger partial charge in [0.25, 0.3) is 0 Å². The van der Waals surface area contributed by atoms with Gasteiger partial charge in [0.2, 0.25) is 0 Å². The molecule has 2 rings (SSSR count). The van der Waals surface area contributed by atoms with Crippen LogP contribution in [0.1, 0.15) is 19.2 Å². The molecule has 0 saturated carbocycles. The lowest BCUT2D eigenvalue weighted by Crippen LogP contribution is -2.34. The van der Waals surface area contributed by atoms with Gasteiger partial charge in [-0.05, 0) is 31.2 Å². The molecule has 0 aliphatic carbocycles. The van der Waals surface area contributed by atoms with Crippen LogP contribution in [-0.2, 0) is 13.5 Å². The first-order valence-corrected chi connectivity index (χ1v) is 9.05. The molecule has 0 aliphatic rings. The maximum atomic E-state index is 4.44. The molecule has 0 radical (unpaired) electrons. The highest BCUT2D eigenvalue weighted by atomic mass is 79.9. The van der Waals surface area contributed by atoms with E-state index in [4.69, 9.17) is 0 Å². The van der Waals surface area contributed by atoms with Crippen LogP contribution in [-0.4, -0.2) is 27.9 Å². The molecular weight excluding hydrogens is 346 g/mol. The van der Waals surface area contributed by atoms with Gasteiger partial charge in [0.05, 0.1) is 0 Å². The number of nitrogens with one attached hydrogen (secondary N) is 1. The number of nitrogens with zero attached hydrogens (tertiary/aromatic N) is 2. The van der Waals surface area contributed by atoms with E-state index < -0.39 is 0 Å². The molecule has 0 amide bonds. The van der Waals surface area contributed by atoms with E-state index in [1.54, 1.807) is 0 Å². The maximum absolute atomic E-state index is 4.44. The summed E-state index contributed by atoms with van der Waals surface area (Å²) in [7, 11) is 2.06. The first-order chi connectivity index (χ1) is 10.2. The predicted octanol–water partition coefficient (Wildman–Crippen LogP) is 3.89. The van der Waals surface area contributed by atoms with Crippen molar-refractivity contribution >= 4 is 27.7 Å². The monoisotopic (exact) mass is 367 g/mol. The highest BCUT2D eigenvalue weighted by Crippen LogP contribution is 2.23. The van der Waals surface area contributed by atoms with Crippen molar-refractivity contribution in [2.45, 2.75) is 30.7 Å². The number of hydrogen-bond acceptors (Lipinski definition) is 3. The number of benzene rings is 1. The van der Waals surface area contributed by atoms with Crippen LogP contribution in [0.5, 0.6) is 0 Å². The van der Waals surface area contributed by atoms with Crippen LogP contribution in [0.3, 0.4) is 0 Å². The fourth-order valence-electron chi connectivity index (χ4n) is 2.11. The van der Waals surface area contributed by atoms with Gasteiger partial charge in [-0.2, -0.15) is 0 Å². The molecule has 1 N–H and O–H groups in total. The minimum Gasteiger partial charge on any atom is -0.338 e. The van der Waals surface area contributed by atoms with Crippen molar-refractivity contribution in [2.24, 2.45) is 7.05 Å². The second-order valence-corrected chi connectivity index (χ2v) is 7.09. The van der Waals surface area contributed by atoms with Gasteiger partial charge in [-0.15, -0.1) is 11.8 Å². The van der Waals surface area contributed by atoms with Gasteiger partial charge in [0, 0.05) is 47.0 Å². The zero-order valence-electron chi connectivity index (χ0n) is 12.6. The van der Waals surface area contributed by atoms with E-state index in [0.717, 1.165) is 35.4 Å². The number of hydrogen-bond donors (Lipinski definition) is 1. The predicted molar refractivity (Wildman–Crippen MR) is 93.9 cm³/mol. The summed E-state index contributed by atoms with van der Waals surface area (Å²) in [5.74, 6) is 2.18. The molecule has 0 spiro atoms. The number of imidazole rings is 1. The summed E-state index contributed by atoms with van der Waals surface area (Å²) in [4.78, 5) is 5.74. The van der Waals surface area contributed by atoms with Crippen LogP contribution < -0.4 is 5.32 Å². The molecule has 3 nitrogen and oxygen atoms in total. The number of rotatable bonds is 8. The highest BCUT2D eigenvalue weighted by Gasteiger charge is 2.12. The third kappa shape index (κ3) is 5.49. The number of aryl methyl sites for hydroxylation is 1. The first kappa shape index (κ1) is 16.6. The molecular formula is C16H22BrN3S. The normalized spacial score (nSPS) is 12.5. The summed E-state index contributed by atoms with van der Waals surface area (Å²) < 4.78 is 3.24. The number of aromatic nitrogens is 2. The van der Waals surface area contributed by atoms with Crippen LogP contribution in [0.4, 0.5) is 0 Å². The van der Waals surface area contributed by atoms with E-state index in [1.165, 1.54) is 4.90 Å². The second-order valence-electron chi connectivity index (χ2n) is 5.08. The third-order valence-electron chi connectivity index (χ3n) is 3.28. The van der Waals surface area contributed by atoms with E-state index in [2.05, 4.69) is 69.0 Å². The van der Waals surface area contributed by atoms with Gasteiger partial charge in [0.15, 0.2) is 0 Å². The van der Waals surface area contributed by atoms with Crippen LogP contribution in [0.15, 0.2) is 46.0 Å². The molecule has 21 heavy (non-hydrogen) atoms. The van der Waals surface area contributed by atoms with Gasteiger partial charge < -0.3 is 9.88 Å². The Morgan fingerprint density at radius 2 is 2.29 bits per heavy atom. The lowest BCUT2D eigenvalue weighted by molar-refractivity contribution is 0.532. The van der Waals surface area contributed by atoms with Gasteiger partial charge >= 0.3 is 0 Å². The summed E-state index contributed by atoms with van der Waals surface area (Å²) in [6.45, 7) is 3.25. The molecule has 1 unspecified atom stereocenters. The van der Waals surface area contributed by atoms with Gasteiger partial charge in [-0.3, -0.25) is 0 Å². The Labute approximate surface area is 139 Å². The Hall–Kier alpha value is -0.780. The van der Waals surface area contributed by atoms with E-state index in [0.29, 0.717) is 6.04 Å². The van der Waals surface area contributed by atoms with Crippen molar-refractivity contribution in [1.29, 1.82) is 0 Å². The Morgan fingerprint density at radius 3 is 2.95 bits per heavy atom. The topological polar surface area (TPSA) is 29.9 Å². The molecule has 0 bridgehead atoms. The zero-order valence-corrected chi connectivity index (χ0v) is 15.0. The van der Waals surface area contributed by atoms with E-state index >= 15 is 0 Å². The van der Waals surface area contributed by atoms with Crippen molar-refractivity contribution in [2.75, 3.05) is 12.3 Å². The average molecular weight is 368 g/mol. The molecule has 114 valence electrons. The average Bonchev–Trinajstić information content (AvgIpc) is 2.87. The lowest BCUT2D eigenvalue weighted by Gasteiger charge is -2.18. The van der Waals surface area contributed by atoms with Crippen molar-refractivity contribution in [1.82, 2.24) is 14.9 Å². The largest absolute Gasteiger partial charge is 0.338 e. The minimum absolute atomic E-state index is 0.440. The lowest BCUT2D eigenvalue weighted by atomic mass is 10.2. The molecule has 1 aromatic heterocycles. The fraction of sp³-hybridized carbons (Fsp3) is 0.438. The van der Waals surface area contributed by atoms with Crippen LogP contribution in [0, 0.1) is 0 Å². The molecule has 1 heterocycles. The van der Waals surface area contributed by atoms with Gasteiger partial charge in [-0.1, -0.05) is 28.9 Å². The highest BCUT2D eigenvalue weighted by molar-refractivity contribution is 9.10. The molecule has 5 heteroatoms. The fourth-order valence-corrected chi connectivity index (χ4v) is 3.67. The summed E-state index contributed by atoms with van der Waals surface area (Å²) in [5.41, 5.74) is 0. The summed E-state index contributed by atoms with van der Waals surface area (Å²) in [5, 5.41) is 3.63. The van der Waals surface area contributed by atoms with Gasteiger partial charge in [-0.25, -0.2) is 4.98 Å². The van der Waals surface area contributed by atoms with Crippen molar-refractivity contribution in [3.05, 3.63) is 47.0 Å². The standard InChI is InChI=1S/C16H22BrN3S/c1-3-7-18-14(11-16-19-8-9-20(16)2)12-21-15-6-4-5-13(17)10-15/h4-6,8-10,14,18H,3,7,11-12H2,1-2H3. The Kier molecular flexibility index (Phi) is 6.80. The molecule has 1 aromatic carbocycles. The van der Waals surface area contributed by atoms with Crippen LogP contribution >= 0.6 is 27.7 Å². The van der Waals surface area contributed by atoms with Crippen molar-refractivity contribution in [3.8, 4) is 0 Å². The SMILES string of the molecule is CCCNC(CSc1cccc(Br)c1)Cc1nccn1C. The van der Waals surface area contributed by atoms with Gasteiger partial charge in [0.1, 0.15) is 5.82 Å². The van der Waals surface area contributed by atoms with E-state index in [1.807, 2.05) is 24.2 Å². The molecule has 0 fully saturated rings.